The molecule has 27 heavy (non-hydrogen) atoms. The van der Waals surface area contributed by atoms with Crippen LogP contribution < -0.4 is 10.2 Å². The molecule has 2 aromatic rings. The van der Waals surface area contributed by atoms with E-state index >= 15 is 0 Å². The van der Waals surface area contributed by atoms with Gasteiger partial charge in [-0.3, -0.25) is 9.69 Å². The van der Waals surface area contributed by atoms with Crippen molar-refractivity contribution in [2.24, 2.45) is 0 Å². The molecule has 0 unspecified atom stereocenters. The molecule has 7 heteroatoms. The Balaban J connectivity index is 1.77. The third kappa shape index (κ3) is 4.62. The summed E-state index contributed by atoms with van der Waals surface area (Å²) in [5.74, 6) is -0.482. The normalized spacial score (nSPS) is 14.8. The first-order chi connectivity index (χ1) is 13.1. The van der Waals surface area contributed by atoms with E-state index in [0.29, 0.717) is 45.1 Å². The van der Waals surface area contributed by atoms with Crippen molar-refractivity contribution in [3.8, 4) is 11.3 Å². The number of pyridine rings is 1. The molecule has 0 spiro atoms. The number of carbonyl (C=O) groups excluding carboxylic acids is 1. The predicted molar refractivity (Wildman–Crippen MR) is 104 cm³/mol. The molecule has 2 N–H and O–H groups in total. The van der Waals surface area contributed by atoms with Gasteiger partial charge < -0.3 is 15.3 Å². The van der Waals surface area contributed by atoms with Gasteiger partial charge in [0.05, 0.1) is 12.2 Å². The zero-order chi connectivity index (χ0) is 19.2. The van der Waals surface area contributed by atoms with Gasteiger partial charge in [0.15, 0.2) is 0 Å². The van der Waals surface area contributed by atoms with Gasteiger partial charge in [-0.15, -0.1) is 0 Å². The average Bonchev–Trinajstić information content (AvgIpc) is 2.69. The lowest BCUT2D eigenvalue weighted by Crippen LogP contribution is -2.50. The van der Waals surface area contributed by atoms with Gasteiger partial charge in [-0.25, -0.2) is 9.78 Å². The quantitative estimate of drug-likeness (QED) is 0.807. The highest BCUT2D eigenvalue weighted by atomic mass is 16.4. The number of rotatable bonds is 6. The van der Waals surface area contributed by atoms with Crippen molar-refractivity contribution in [1.29, 1.82) is 0 Å². The Morgan fingerprint density at radius 3 is 2.41 bits per heavy atom. The van der Waals surface area contributed by atoms with E-state index in [4.69, 9.17) is 0 Å². The minimum atomic E-state index is -0.984. The maximum atomic E-state index is 11.8. The first-order valence-electron chi connectivity index (χ1n) is 9.12. The molecule has 1 aliphatic heterocycles. The average molecular weight is 368 g/mol. The molecule has 1 aliphatic rings. The van der Waals surface area contributed by atoms with Crippen LogP contribution >= 0.6 is 0 Å². The number of aromatic nitrogens is 1. The lowest BCUT2D eigenvalue weighted by Gasteiger charge is -2.35. The summed E-state index contributed by atoms with van der Waals surface area (Å²) in [6.07, 6.45) is 0. The van der Waals surface area contributed by atoms with E-state index in [1.807, 2.05) is 42.2 Å². The molecule has 0 atom stereocenters. The molecule has 1 aromatic carbocycles. The second-order valence-corrected chi connectivity index (χ2v) is 6.46. The number of likely N-dealkylation sites (N-methyl/N-ethyl adjacent to an activating group) is 1. The summed E-state index contributed by atoms with van der Waals surface area (Å²) in [5, 5.41) is 12.4. The number of aromatic carboxylic acids is 1. The van der Waals surface area contributed by atoms with E-state index in [2.05, 4.69) is 15.2 Å². The van der Waals surface area contributed by atoms with Crippen molar-refractivity contribution in [3.05, 3.63) is 48.0 Å². The molecular formula is C20H24N4O3. The number of amides is 1. The smallest absolute Gasteiger partial charge is 0.339 e. The molecule has 142 valence electrons. The van der Waals surface area contributed by atoms with Crippen LogP contribution in [0.2, 0.25) is 0 Å². The number of hydrogen-bond donors (Lipinski definition) is 2. The Bertz CT molecular complexity index is 802. The van der Waals surface area contributed by atoms with Crippen molar-refractivity contribution < 1.29 is 14.7 Å². The van der Waals surface area contributed by atoms with Crippen LogP contribution in [0.25, 0.3) is 11.3 Å². The highest BCUT2D eigenvalue weighted by Gasteiger charge is 2.24. The third-order valence-electron chi connectivity index (χ3n) is 4.59. The van der Waals surface area contributed by atoms with Crippen LogP contribution in [0.1, 0.15) is 17.3 Å². The highest BCUT2D eigenvalue weighted by Crippen LogP contribution is 2.25. The molecule has 1 amide bonds. The maximum absolute atomic E-state index is 11.8. The predicted octanol–water partition coefficient (Wildman–Crippen LogP) is 1.70. The number of nitrogens with one attached hydrogen (secondary N) is 1. The minimum Gasteiger partial charge on any atom is -0.478 e. The Morgan fingerprint density at radius 2 is 1.78 bits per heavy atom. The summed E-state index contributed by atoms with van der Waals surface area (Å²) in [4.78, 5) is 32.1. The monoisotopic (exact) mass is 368 g/mol. The minimum absolute atomic E-state index is 0.0152. The standard InChI is InChI=1S/C20H24N4O3/c1-2-21-18(25)14-23-10-12-24(13-11-23)19-16(20(26)27)8-9-17(22-19)15-6-4-3-5-7-15/h3-9H,2,10-14H2,1H3,(H,21,25)(H,26,27). The Labute approximate surface area is 158 Å². The van der Waals surface area contributed by atoms with Crippen molar-refractivity contribution in [2.45, 2.75) is 6.92 Å². The van der Waals surface area contributed by atoms with Crippen LogP contribution in [0.15, 0.2) is 42.5 Å². The summed E-state index contributed by atoms with van der Waals surface area (Å²) in [5.41, 5.74) is 1.90. The number of nitrogens with zero attached hydrogens (tertiary/aromatic N) is 3. The van der Waals surface area contributed by atoms with Crippen molar-refractivity contribution in [1.82, 2.24) is 15.2 Å². The first kappa shape index (κ1) is 18.8. The third-order valence-corrected chi connectivity index (χ3v) is 4.59. The van der Waals surface area contributed by atoms with Crippen LogP contribution in [0.3, 0.4) is 0 Å². The Morgan fingerprint density at radius 1 is 1.07 bits per heavy atom. The van der Waals surface area contributed by atoms with Crippen LogP contribution in [0.5, 0.6) is 0 Å². The largest absolute Gasteiger partial charge is 0.478 e. The van der Waals surface area contributed by atoms with E-state index in [1.54, 1.807) is 12.1 Å². The molecule has 0 saturated carbocycles. The summed E-state index contributed by atoms with van der Waals surface area (Å²) in [6, 6.07) is 13.1. The molecular weight excluding hydrogens is 344 g/mol. The van der Waals surface area contributed by atoms with E-state index < -0.39 is 5.97 Å². The summed E-state index contributed by atoms with van der Waals surface area (Å²) < 4.78 is 0. The molecule has 0 aliphatic carbocycles. The van der Waals surface area contributed by atoms with E-state index in [0.717, 1.165) is 11.3 Å². The van der Waals surface area contributed by atoms with E-state index in [-0.39, 0.29) is 11.5 Å². The number of carboxylic acid groups (broad SMARTS) is 1. The second kappa shape index (κ2) is 8.64. The fourth-order valence-corrected chi connectivity index (χ4v) is 3.20. The number of piperazine rings is 1. The highest BCUT2D eigenvalue weighted by molar-refractivity contribution is 5.94. The van der Waals surface area contributed by atoms with Gasteiger partial charge in [0, 0.05) is 38.3 Å². The van der Waals surface area contributed by atoms with Crippen LogP contribution in [-0.4, -0.2) is 66.1 Å². The molecule has 3 rings (SSSR count). The van der Waals surface area contributed by atoms with Crippen molar-refractivity contribution in [3.63, 3.8) is 0 Å². The first-order valence-corrected chi connectivity index (χ1v) is 9.12. The molecule has 1 saturated heterocycles. The van der Waals surface area contributed by atoms with Crippen LogP contribution in [0.4, 0.5) is 5.82 Å². The number of hydrogen-bond acceptors (Lipinski definition) is 5. The second-order valence-electron chi connectivity index (χ2n) is 6.46. The van der Waals surface area contributed by atoms with Gasteiger partial charge in [0.1, 0.15) is 11.4 Å². The van der Waals surface area contributed by atoms with Crippen LogP contribution in [-0.2, 0) is 4.79 Å². The number of carbonyl (C=O) groups is 2. The number of carboxylic acids is 1. The van der Waals surface area contributed by atoms with Gasteiger partial charge in [-0.05, 0) is 19.1 Å². The SMILES string of the molecule is CCNC(=O)CN1CCN(c2nc(-c3ccccc3)ccc2C(=O)O)CC1. The molecule has 0 radical (unpaired) electrons. The zero-order valence-electron chi connectivity index (χ0n) is 15.4. The summed E-state index contributed by atoms with van der Waals surface area (Å²) in [6.45, 7) is 5.52. The molecule has 1 fully saturated rings. The molecule has 7 nitrogen and oxygen atoms in total. The molecule has 0 bridgehead atoms. The van der Waals surface area contributed by atoms with Gasteiger partial charge in [-0.1, -0.05) is 30.3 Å². The van der Waals surface area contributed by atoms with Gasteiger partial charge in [-0.2, -0.15) is 0 Å². The summed E-state index contributed by atoms with van der Waals surface area (Å²) >= 11 is 0. The molecule has 2 heterocycles. The topological polar surface area (TPSA) is 85.8 Å². The molecule has 1 aromatic heterocycles. The van der Waals surface area contributed by atoms with Crippen molar-refractivity contribution in [2.75, 3.05) is 44.2 Å². The van der Waals surface area contributed by atoms with Gasteiger partial charge in [0.2, 0.25) is 5.91 Å². The fraction of sp³-hybridized carbons (Fsp3) is 0.350. The van der Waals surface area contributed by atoms with Crippen LogP contribution in [0, 0.1) is 0 Å². The lowest BCUT2D eigenvalue weighted by molar-refractivity contribution is -0.122. The zero-order valence-corrected chi connectivity index (χ0v) is 15.4. The Kier molecular flexibility index (Phi) is 6.03. The van der Waals surface area contributed by atoms with Gasteiger partial charge in [0.25, 0.3) is 0 Å². The number of benzene rings is 1. The number of anilines is 1. The van der Waals surface area contributed by atoms with Crippen molar-refractivity contribution >= 4 is 17.7 Å². The Hall–Kier alpha value is -2.93. The van der Waals surface area contributed by atoms with E-state index in [9.17, 15) is 14.7 Å². The summed E-state index contributed by atoms with van der Waals surface area (Å²) in [7, 11) is 0. The van der Waals surface area contributed by atoms with Gasteiger partial charge >= 0.3 is 5.97 Å². The maximum Gasteiger partial charge on any atom is 0.339 e. The lowest BCUT2D eigenvalue weighted by atomic mass is 10.1. The fourth-order valence-electron chi connectivity index (χ4n) is 3.20. The van der Waals surface area contributed by atoms with E-state index in [1.165, 1.54) is 0 Å².